The summed E-state index contributed by atoms with van der Waals surface area (Å²) in [6, 6.07) is 0.648. The summed E-state index contributed by atoms with van der Waals surface area (Å²) in [7, 11) is 1.72. The van der Waals surface area contributed by atoms with E-state index in [1.54, 1.807) is 7.11 Å². The second-order valence-corrected chi connectivity index (χ2v) is 5.29. The van der Waals surface area contributed by atoms with Crippen LogP contribution in [-0.2, 0) is 4.74 Å². The van der Waals surface area contributed by atoms with Gasteiger partial charge in [0.25, 0.3) is 0 Å². The first-order valence-electron chi connectivity index (χ1n) is 5.15. The molecule has 84 valence electrons. The third kappa shape index (κ3) is 4.64. The second-order valence-electron chi connectivity index (χ2n) is 4.18. The van der Waals surface area contributed by atoms with Gasteiger partial charge in [-0.3, -0.25) is 0 Å². The quantitative estimate of drug-likeness (QED) is 0.594. The van der Waals surface area contributed by atoms with Gasteiger partial charge in [-0.1, -0.05) is 0 Å². The molecule has 1 aliphatic carbocycles. The Labute approximate surface area is 90.6 Å². The van der Waals surface area contributed by atoms with Crippen molar-refractivity contribution in [3.63, 3.8) is 0 Å². The number of methoxy groups -OCH3 is 1. The van der Waals surface area contributed by atoms with Crippen LogP contribution in [0.5, 0.6) is 0 Å². The van der Waals surface area contributed by atoms with Crippen LogP contribution in [0.15, 0.2) is 0 Å². The number of ether oxygens (including phenoxy) is 1. The summed E-state index contributed by atoms with van der Waals surface area (Å²) in [6.45, 7) is 3.09. The maximum Gasteiger partial charge on any atom is 0.0618 e. The molecule has 0 saturated heterocycles. The van der Waals surface area contributed by atoms with Gasteiger partial charge in [0.05, 0.1) is 13.2 Å². The minimum Gasteiger partial charge on any atom is -0.394 e. The van der Waals surface area contributed by atoms with E-state index in [1.807, 2.05) is 11.8 Å². The van der Waals surface area contributed by atoms with Crippen LogP contribution in [0.1, 0.15) is 19.8 Å². The summed E-state index contributed by atoms with van der Waals surface area (Å²) < 4.78 is 4.98. The minimum absolute atomic E-state index is 0.112. The molecule has 0 radical (unpaired) electrons. The van der Waals surface area contributed by atoms with E-state index in [0.29, 0.717) is 6.04 Å². The predicted octanol–water partition coefficient (Wildman–Crippen LogP) is 0.869. The molecule has 0 aliphatic heterocycles. The highest BCUT2D eigenvalue weighted by atomic mass is 32.2. The zero-order chi connectivity index (χ0) is 10.4. The lowest BCUT2D eigenvalue weighted by Gasteiger charge is -2.28. The van der Waals surface area contributed by atoms with Gasteiger partial charge in [0.1, 0.15) is 0 Å². The second kappa shape index (κ2) is 5.95. The molecule has 0 spiro atoms. The molecule has 4 heteroatoms. The lowest BCUT2D eigenvalue weighted by Crippen LogP contribution is -2.49. The van der Waals surface area contributed by atoms with Gasteiger partial charge in [0.15, 0.2) is 0 Å². The van der Waals surface area contributed by atoms with Crippen LogP contribution in [0.4, 0.5) is 0 Å². The SMILES string of the molecule is COCCSCC(C)(CO)NC1CC1. The van der Waals surface area contributed by atoms with Crippen molar-refractivity contribution >= 4 is 11.8 Å². The summed E-state index contributed by atoms with van der Waals surface area (Å²) in [5, 5.41) is 12.8. The number of aliphatic hydroxyl groups is 1. The number of hydrogen-bond donors (Lipinski definition) is 2. The molecule has 2 N–H and O–H groups in total. The van der Waals surface area contributed by atoms with Crippen molar-refractivity contribution in [3.05, 3.63) is 0 Å². The Bertz CT molecular complexity index is 164. The minimum atomic E-state index is -0.112. The van der Waals surface area contributed by atoms with Crippen LogP contribution >= 0.6 is 11.8 Å². The molecule has 0 amide bonds. The summed E-state index contributed by atoms with van der Waals surface area (Å²) in [5.74, 6) is 1.95. The molecular formula is C10H21NO2S. The lowest BCUT2D eigenvalue weighted by molar-refractivity contribution is 0.190. The van der Waals surface area contributed by atoms with Gasteiger partial charge in [-0.2, -0.15) is 11.8 Å². The molecule has 0 heterocycles. The van der Waals surface area contributed by atoms with Crippen LogP contribution in [0.25, 0.3) is 0 Å². The van der Waals surface area contributed by atoms with Gasteiger partial charge in [0.2, 0.25) is 0 Å². The molecule has 0 bridgehead atoms. The van der Waals surface area contributed by atoms with Gasteiger partial charge in [-0.05, 0) is 19.8 Å². The smallest absolute Gasteiger partial charge is 0.0618 e. The third-order valence-corrected chi connectivity index (χ3v) is 3.63. The van der Waals surface area contributed by atoms with Crippen LogP contribution in [0.2, 0.25) is 0 Å². The first kappa shape index (κ1) is 12.3. The van der Waals surface area contributed by atoms with E-state index in [-0.39, 0.29) is 12.1 Å². The van der Waals surface area contributed by atoms with Crippen LogP contribution in [0, 0.1) is 0 Å². The van der Waals surface area contributed by atoms with Crippen LogP contribution < -0.4 is 5.32 Å². The highest BCUT2D eigenvalue weighted by molar-refractivity contribution is 7.99. The highest BCUT2D eigenvalue weighted by Gasteiger charge is 2.31. The molecule has 1 fully saturated rings. The maximum absolute atomic E-state index is 9.31. The van der Waals surface area contributed by atoms with Gasteiger partial charge < -0.3 is 15.2 Å². The fourth-order valence-corrected chi connectivity index (χ4v) is 2.35. The monoisotopic (exact) mass is 219 g/mol. The summed E-state index contributed by atoms with van der Waals surface area (Å²) in [4.78, 5) is 0. The van der Waals surface area contributed by atoms with Gasteiger partial charge in [-0.25, -0.2) is 0 Å². The van der Waals surface area contributed by atoms with E-state index >= 15 is 0 Å². The molecular weight excluding hydrogens is 198 g/mol. The zero-order valence-corrected chi connectivity index (χ0v) is 9.90. The third-order valence-electron chi connectivity index (χ3n) is 2.33. The van der Waals surface area contributed by atoms with Crippen molar-refractivity contribution in [2.75, 3.05) is 31.8 Å². The molecule has 0 aromatic carbocycles. The molecule has 14 heavy (non-hydrogen) atoms. The Morgan fingerprint density at radius 1 is 1.57 bits per heavy atom. The van der Waals surface area contributed by atoms with E-state index < -0.39 is 0 Å². The van der Waals surface area contributed by atoms with Crippen molar-refractivity contribution < 1.29 is 9.84 Å². The first-order valence-corrected chi connectivity index (χ1v) is 6.31. The molecule has 0 aromatic heterocycles. The number of rotatable bonds is 8. The van der Waals surface area contributed by atoms with Crippen molar-refractivity contribution in [2.45, 2.75) is 31.3 Å². The standard InChI is InChI=1S/C10H21NO2S/c1-10(7-12,11-9-3-4-9)8-14-6-5-13-2/h9,11-12H,3-8H2,1-2H3. The van der Waals surface area contributed by atoms with Crippen molar-refractivity contribution in [1.29, 1.82) is 0 Å². The van der Waals surface area contributed by atoms with E-state index in [4.69, 9.17) is 4.74 Å². The number of aliphatic hydroxyl groups excluding tert-OH is 1. The van der Waals surface area contributed by atoms with Crippen molar-refractivity contribution in [1.82, 2.24) is 5.32 Å². The Morgan fingerprint density at radius 2 is 2.29 bits per heavy atom. The van der Waals surface area contributed by atoms with Crippen LogP contribution in [-0.4, -0.2) is 48.5 Å². The van der Waals surface area contributed by atoms with Gasteiger partial charge in [-0.15, -0.1) is 0 Å². The Kier molecular flexibility index (Phi) is 5.23. The zero-order valence-electron chi connectivity index (χ0n) is 9.08. The summed E-state index contributed by atoms with van der Waals surface area (Å²) in [5.41, 5.74) is -0.112. The van der Waals surface area contributed by atoms with Gasteiger partial charge >= 0.3 is 0 Å². The average Bonchev–Trinajstić information content (AvgIpc) is 2.96. The summed E-state index contributed by atoms with van der Waals surface area (Å²) in [6.07, 6.45) is 2.52. The lowest BCUT2D eigenvalue weighted by atomic mass is 10.1. The van der Waals surface area contributed by atoms with Crippen molar-refractivity contribution in [2.24, 2.45) is 0 Å². The normalized spacial score (nSPS) is 20.8. The number of hydrogen-bond acceptors (Lipinski definition) is 4. The Balaban J connectivity index is 2.14. The molecule has 1 saturated carbocycles. The molecule has 1 rings (SSSR count). The van der Waals surface area contributed by atoms with Gasteiger partial charge in [0, 0.05) is 30.2 Å². The van der Waals surface area contributed by atoms with E-state index in [9.17, 15) is 5.11 Å². The van der Waals surface area contributed by atoms with Crippen molar-refractivity contribution in [3.8, 4) is 0 Å². The van der Waals surface area contributed by atoms with E-state index in [1.165, 1.54) is 12.8 Å². The van der Waals surface area contributed by atoms with E-state index in [2.05, 4.69) is 12.2 Å². The Hall–Kier alpha value is 0.230. The first-order chi connectivity index (χ1) is 6.70. The fourth-order valence-electron chi connectivity index (χ4n) is 1.29. The van der Waals surface area contributed by atoms with E-state index in [0.717, 1.165) is 18.1 Å². The largest absolute Gasteiger partial charge is 0.394 e. The van der Waals surface area contributed by atoms with Crippen LogP contribution in [0.3, 0.4) is 0 Å². The molecule has 1 aliphatic rings. The molecule has 3 nitrogen and oxygen atoms in total. The Morgan fingerprint density at radius 3 is 2.79 bits per heavy atom. The molecule has 1 atom stereocenters. The molecule has 0 aromatic rings. The topological polar surface area (TPSA) is 41.5 Å². The highest BCUT2D eigenvalue weighted by Crippen LogP contribution is 2.24. The average molecular weight is 219 g/mol. The fraction of sp³-hybridized carbons (Fsp3) is 1.00. The molecule has 1 unspecified atom stereocenters. The number of thioether (sulfide) groups is 1. The summed E-state index contributed by atoms with van der Waals surface area (Å²) >= 11 is 1.83. The number of nitrogens with one attached hydrogen (secondary N) is 1. The predicted molar refractivity (Wildman–Crippen MR) is 60.8 cm³/mol. The maximum atomic E-state index is 9.31.